The molecule has 1 atom stereocenters. The summed E-state index contributed by atoms with van der Waals surface area (Å²) in [6.45, 7) is -1.06. The van der Waals surface area contributed by atoms with Gasteiger partial charge in [-0.1, -0.05) is 36.4 Å². The van der Waals surface area contributed by atoms with Crippen molar-refractivity contribution in [1.29, 1.82) is 0 Å². The maximum absolute atomic E-state index is 12.4. The zero-order valence-corrected chi connectivity index (χ0v) is 14.0. The Kier molecular flexibility index (Phi) is 5.36. The van der Waals surface area contributed by atoms with Gasteiger partial charge in [0.25, 0.3) is 0 Å². The normalized spacial score (nSPS) is 12.2. The number of nitrogens with one attached hydrogen (secondary N) is 2. The first kappa shape index (κ1) is 17.7. The fourth-order valence-corrected chi connectivity index (χ4v) is 2.57. The highest BCUT2D eigenvalue weighted by Crippen LogP contribution is 2.23. The van der Waals surface area contributed by atoms with Gasteiger partial charge in [-0.05, 0) is 25.1 Å². The zero-order valence-electron chi connectivity index (χ0n) is 14.0. The molecule has 0 bridgehead atoms. The van der Waals surface area contributed by atoms with Crippen LogP contribution < -0.4 is 15.4 Å². The molecule has 0 unspecified atom stereocenters. The summed E-state index contributed by atoms with van der Waals surface area (Å²) in [6.07, 6.45) is 0. The van der Waals surface area contributed by atoms with Crippen LogP contribution in [0.4, 0.5) is 13.6 Å². The van der Waals surface area contributed by atoms with Crippen LogP contribution in [0.3, 0.4) is 0 Å². The lowest BCUT2D eigenvalue weighted by atomic mass is 10.2. The quantitative estimate of drug-likeness (QED) is 0.676. The number of hydrogen-bond donors (Lipinski definition) is 2. The standard InChI is InChI=1S/C19H18F2N2O3/c1-12(17-10-13-6-2-4-8-15(13)25-17)23-19(24)22-11-14-7-3-5-9-16(14)26-18(20)21/h2-10,12,18H,11H2,1H3,(H2,22,23,24)/t12-/m1/s1. The van der Waals surface area contributed by atoms with Gasteiger partial charge in [-0.25, -0.2) is 4.79 Å². The summed E-state index contributed by atoms with van der Waals surface area (Å²) in [5.74, 6) is 0.663. The Hall–Kier alpha value is -3.09. The van der Waals surface area contributed by atoms with E-state index in [1.165, 1.54) is 6.07 Å². The van der Waals surface area contributed by atoms with Crippen molar-refractivity contribution in [3.8, 4) is 5.75 Å². The summed E-state index contributed by atoms with van der Waals surface area (Å²) in [5.41, 5.74) is 1.20. The van der Waals surface area contributed by atoms with E-state index in [1.54, 1.807) is 25.1 Å². The topological polar surface area (TPSA) is 63.5 Å². The number of amides is 2. The second-order valence-electron chi connectivity index (χ2n) is 5.72. The van der Waals surface area contributed by atoms with Crippen LogP contribution in [0.2, 0.25) is 0 Å². The highest BCUT2D eigenvalue weighted by molar-refractivity contribution is 5.78. The summed E-state index contributed by atoms with van der Waals surface area (Å²) in [6, 6.07) is 14.9. The molecule has 0 aliphatic heterocycles. The number of carbonyl (C=O) groups is 1. The summed E-state index contributed by atoms with van der Waals surface area (Å²) in [5, 5.41) is 6.34. The van der Waals surface area contributed by atoms with Gasteiger partial charge in [-0.3, -0.25) is 0 Å². The van der Waals surface area contributed by atoms with E-state index in [-0.39, 0.29) is 18.3 Å². The first-order chi connectivity index (χ1) is 12.5. The lowest BCUT2D eigenvalue weighted by Gasteiger charge is -2.14. The van der Waals surface area contributed by atoms with Crippen LogP contribution in [0.5, 0.6) is 5.75 Å². The molecule has 1 aromatic heterocycles. The van der Waals surface area contributed by atoms with Crippen LogP contribution >= 0.6 is 0 Å². The number of benzene rings is 2. The van der Waals surface area contributed by atoms with Crippen molar-refractivity contribution in [1.82, 2.24) is 10.6 Å². The predicted molar refractivity (Wildman–Crippen MR) is 93.1 cm³/mol. The van der Waals surface area contributed by atoms with Crippen LogP contribution in [0, 0.1) is 0 Å². The third-order valence-corrected chi connectivity index (χ3v) is 3.85. The van der Waals surface area contributed by atoms with Gasteiger partial charge >= 0.3 is 12.6 Å². The molecule has 2 amide bonds. The third kappa shape index (κ3) is 4.30. The van der Waals surface area contributed by atoms with Gasteiger partial charge < -0.3 is 19.8 Å². The number of rotatable bonds is 6. The predicted octanol–water partition coefficient (Wildman–Crippen LogP) is 4.59. The Labute approximate surface area is 148 Å². The number of furan rings is 1. The van der Waals surface area contributed by atoms with Crippen molar-refractivity contribution in [2.24, 2.45) is 0 Å². The molecule has 0 saturated heterocycles. The van der Waals surface area contributed by atoms with Gasteiger partial charge in [0.1, 0.15) is 17.1 Å². The SMILES string of the molecule is C[C@@H](NC(=O)NCc1ccccc1OC(F)F)c1cc2ccccc2o1. The van der Waals surface area contributed by atoms with Crippen molar-refractivity contribution in [3.63, 3.8) is 0 Å². The minimum Gasteiger partial charge on any atom is -0.459 e. The van der Waals surface area contributed by atoms with E-state index >= 15 is 0 Å². The minimum atomic E-state index is -2.92. The van der Waals surface area contributed by atoms with E-state index < -0.39 is 12.6 Å². The molecule has 0 radical (unpaired) electrons. The van der Waals surface area contributed by atoms with Crippen molar-refractivity contribution < 1.29 is 22.7 Å². The minimum absolute atomic E-state index is 0.0353. The number of hydrogen-bond acceptors (Lipinski definition) is 3. The number of ether oxygens (including phenoxy) is 1. The Morgan fingerprint density at radius 1 is 1.15 bits per heavy atom. The molecule has 136 valence electrons. The first-order valence-electron chi connectivity index (χ1n) is 8.08. The molecular weight excluding hydrogens is 342 g/mol. The van der Waals surface area contributed by atoms with Gasteiger partial charge in [0, 0.05) is 17.5 Å². The van der Waals surface area contributed by atoms with Gasteiger partial charge in [0.05, 0.1) is 6.04 Å². The molecule has 2 aromatic carbocycles. The molecule has 0 fully saturated rings. The molecule has 1 heterocycles. The van der Waals surface area contributed by atoms with E-state index in [0.29, 0.717) is 11.3 Å². The van der Waals surface area contributed by atoms with E-state index in [0.717, 1.165) is 11.0 Å². The lowest BCUT2D eigenvalue weighted by Crippen LogP contribution is -2.36. The fraction of sp³-hybridized carbons (Fsp3) is 0.211. The molecule has 3 rings (SSSR count). The monoisotopic (exact) mass is 360 g/mol. The molecule has 26 heavy (non-hydrogen) atoms. The summed E-state index contributed by atoms with van der Waals surface area (Å²) >= 11 is 0. The molecule has 0 saturated carbocycles. The van der Waals surface area contributed by atoms with E-state index in [2.05, 4.69) is 15.4 Å². The second-order valence-corrected chi connectivity index (χ2v) is 5.72. The molecule has 0 spiro atoms. The average molecular weight is 360 g/mol. The molecule has 7 heteroatoms. The van der Waals surface area contributed by atoms with Crippen molar-refractivity contribution >= 4 is 17.0 Å². The molecule has 3 aromatic rings. The second kappa shape index (κ2) is 7.86. The van der Waals surface area contributed by atoms with Crippen LogP contribution in [0.15, 0.2) is 59.0 Å². The first-order valence-corrected chi connectivity index (χ1v) is 8.08. The molecule has 2 N–H and O–H groups in total. The van der Waals surface area contributed by atoms with Crippen molar-refractivity contribution in [2.75, 3.05) is 0 Å². The van der Waals surface area contributed by atoms with Crippen LogP contribution in [-0.4, -0.2) is 12.6 Å². The maximum Gasteiger partial charge on any atom is 0.387 e. The van der Waals surface area contributed by atoms with Crippen molar-refractivity contribution in [2.45, 2.75) is 26.1 Å². The summed E-state index contributed by atoms with van der Waals surface area (Å²) in [7, 11) is 0. The average Bonchev–Trinajstić information content (AvgIpc) is 3.05. The molecule has 5 nitrogen and oxygen atoms in total. The Morgan fingerprint density at radius 2 is 1.88 bits per heavy atom. The van der Waals surface area contributed by atoms with E-state index in [4.69, 9.17) is 4.42 Å². The van der Waals surface area contributed by atoms with Crippen LogP contribution in [0.1, 0.15) is 24.3 Å². The highest BCUT2D eigenvalue weighted by atomic mass is 19.3. The van der Waals surface area contributed by atoms with Gasteiger partial charge in [-0.2, -0.15) is 8.78 Å². The highest BCUT2D eigenvalue weighted by Gasteiger charge is 2.15. The number of urea groups is 1. The Balaban J connectivity index is 1.59. The van der Waals surface area contributed by atoms with Crippen molar-refractivity contribution in [3.05, 3.63) is 65.9 Å². The van der Waals surface area contributed by atoms with Gasteiger partial charge in [0.15, 0.2) is 0 Å². The number of carbonyl (C=O) groups excluding carboxylic acids is 1. The number of alkyl halides is 2. The maximum atomic E-state index is 12.4. The number of fused-ring (bicyclic) bond motifs is 1. The lowest BCUT2D eigenvalue weighted by molar-refractivity contribution is -0.0504. The zero-order chi connectivity index (χ0) is 18.5. The smallest absolute Gasteiger partial charge is 0.387 e. The third-order valence-electron chi connectivity index (χ3n) is 3.85. The van der Waals surface area contributed by atoms with Crippen LogP contribution in [-0.2, 0) is 6.54 Å². The summed E-state index contributed by atoms with van der Waals surface area (Å²) in [4.78, 5) is 12.1. The molecule has 0 aliphatic carbocycles. The van der Waals surface area contributed by atoms with E-state index in [1.807, 2.05) is 30.3 Å². The van der Waals surface area contributed by atoms with Gasteiger partial charge in [0.2, 0.25) is 0 Å². The Morgan fingerprint density at radius 3 is 2.65 bits per heavy atom. The summed E-state index contributed by atoms with van der Waals surface area (Å²) < 4.78 is 35.0. The molecular formula is C19H18F2N2O3. The largest absolute Gasteiger partial charge is 0.459 e. The van der Waals surface area contributed by atoms with Crippen LogP contribution in [0.25, 0.3) is 11.0 Å². The van der Waals surface area contributed by atoms with E-state index in [9.17, 15) is 13.6 Å². The number of para-hydroxylation sites is 2. The Bertz CT molecular complexity index is 862. The molecule has 0 aliphatic rings. The van der Waals surface area contributed by atoms with Gasteiger partial charge in [-0.15, -0.1) is 0 Å². The number of halogens is 2. The fourth-order valence-electron chi connectivity index (χ4n) is 2.57.